The van der Waals surface area contributed by atoms with Gasteiger partial charge in [0.15, 0.2) is 0 Å². The van der Waals surface area contributed by atoms with Gasteiger partial charge in [-0.25, -0.2) is 12.8 Å². The van der Waals surface area contributed by atoms with E-state index in [2.05, 4.69) is 5.32 Å². The lowest BCUT2D eigenvalue weighted by molar-refractivity contribution is -0.139. The fourth-order valence-electron chi connectivity index (χ4n) is 3.88. The number of alkyl halides is 3. The quantitative estimate of drug-likeness (QED) is 0.284. The molecular weight excluding hydrogens is 586 g/mol. The molecule has 0 heterocycles. The van der Waals surface area contributed by atoms with Gasteiger partial charge >= 0.3 is 6.18 Å². The molecule has 7 nitrogen and oxygen atoms in total. The molecule has 0 spiro atoms. The maximum Gasteiger partial charge on any atom is 0.416 e. The molecule has 0 aliphatic rings. The summed E-state index contributed by atoms with van der Waals surface area (Å²) in [5.41, 5.74) is -1.30. The van der Waals surface area contributed by atoms with Crippen LogP contribution >= 0.6 is 11.6 Å². The van der Waals surface area contributed by atoms with Crippen LogP contribution in [0.4, 0.5) is 23.2 Å². The van der Waals surface area contributed by atoms with E-state index in [9.17, 15) is 35.6 Å². The van der Waals surface area contributed by atoms with Gasteiger partial charge in [-0.05, 0) is 61.4 Å². The van der Waals surface area contributed by atoms with Crippen LogP contribution in [0.25, 0.3) is 0 Å². The number of rotatable bonds is 11. The van der Waals surface area contributed by atoms with Gasteiger partial charge in [0.1, 0.15) is 18.4 Å². The van der Waals surface area contributed by atoms with Crippen molar-refractivity contribution in [3.8, 4) is 0 Å². The minimum atomic E-state index is -4.83. The van der Waals surface area contributed by atoms with Crippen molar-refractivity contribution in [2.45, 2.75) is 43.9 Å². The smallest absolute Gasteiger partial charge is 0.354 e. The first-order valence-electron chi connectivity index (χ1n) is 12.5. The largest absolute Gasteiger partial charge is 0.416 e. The number of halogens is 5. The molecule has 0 radical (unpaired) electrons. The molecule has 0 saturated heterocycles. The molecule has 0 saturated carbocycles. The summed E-state index contributed by atoms with van der Waals surface area (Å²) < 4.78 is 82.2. The van der Waals surface area contributed by atoms with Crippen molar-refractivity contribution in [3.05, 3.63) is 94.8 Å². The fourth-order valence-corrected chi connectivity index (χ4v) is 5.59. The van der Waals surface area contributed by atoms with E-state index in [4.69, 9.17) is 11.6 Å². The third-order valence-electron chi connectivity index (χ3n) is 6.13. The van der Waals surface area contributed by atoms with Crippen LogP contribution in [-0.4, -0.2) is 44.3 Å². The van der Waals surface area contributed by atoms with E-state index in [0.29, 0.717) is 35.0 Å². The topological polar surface area (TPSA) is 86.8 Å². The number of nitrogens with one attached hydrogen (secondary N) is 1. The molecule has 0 aliphatic carbocycles. The molecule has 41 heavy (non-hydrogen) atoms. The van der Waals surface area contributed by atoms with Crippen molar-refractivity contribution in [2.75, 3.05) is 17.4 Å². The van der Waals surface area contributed by atoms with Crippen LogP contribution in [0.15, 0.2) is 77.7 Å². The lowest BCUT2D eigenvalue weighted by atomic mass is 10.1. The number of anilines is 1. The van der Waals surface area contributed by atoms with Gasteiger partial charge in [0, 0.05) is 13.1 Å². The fraction of sp³-hybridized carbons (Fsp3) is 0.286. The van der Waals surface area contributed by atoms with Crippen LogP contribution in [0.1, 0.15) is 31.4 Å². The number of amides is 2. The second kappa shape index (κ2) is 13.3. The summed E-state index contributed by atoms with van der Waals surface area (Å²) >= 11 is 6.21. The predicted octanol–water partition coefficient (Wildman–Crippen LogP) is 5.64. The van der Waals surface area contributed by atoms with Gasteiger partial charge in [-0.15, -0.1) is 0 Å². The Labute approximate surface area is 240 Å². The van der Waals surface area contributed by atoms with E-state index in [0.717, 1.165) is 23.1 Å². The van der Waals surface area contributed by atoms with Crippen LogP contribution in [0.5, 0.6) is 0 Å². The predicted molar refractivity (Wildman–Crippen MR) is 147 cm³/mol. The van der Waals surface area contributed by atoms with Gasteiger partial charge in [0.25, 0.3) is 10.0 Å². The molecule has 220 valence electrons. The Bertz CT molecular complexity index is 1470. The number of hydrogen-bond donors (Lipinski definition) is 1. The average molecular weight is 614 g/mol. The molecule has 2 amide bonds. The number of carbonyl (C=O) groups excluding carboxylic acids is 2. The second-order valence-corrected chi connectivity index (χ2v) is 11.4. The monoisotopic (exact) mass is 613 g/mol. The van der Waals surface area contributed by atoms with Gasteiger partial charge < -0.3 is 10.2 Å². The van der Waals surface area contributed by atoms with Gasteiger partial charge in [-0.1, -0.05) is 48.9 Å². The molecule has 1 atom stereocenters. The zero-order chi connectivity index (χ0) is 30.4. The number of sulfonamides is 1. The highest BCUT2D eigenvalue weighted by atomic mass is 35.5. The first-order valence-corrected chi connectivity index (χ1v) is 14.3. The van der Waals surface area contributed by atoms with E-state index in [-0.39, 0.29) is 16.5 Å². The summed E-state index contributed by atoms with van der Waals surface area (Å²) in [4.78, 5) is 27.4. The molecule has 0 unspecified atom stereocenters. The van der Waals surface area contributed by atoms with E-state index in [1.165, 1.54) is 43.3 Å². The van der Waals surface area contributed by atoms with E-state index >= 15 is 0 Å². The van der Waals surface area contributed by atoms with Gasteiger partial charge in [0.05, 0.1) is 21.2 Å². The average Bonchev–Trinajstić information content (AvgIpc) is 2.94. The van der Waals surface area contributed by atoms with E-state index in [1.54, 1.807) is 6.07 Å². The van der Waals surface area contributed by atoms with Crippen LogP contribution < -0.4 is 9.62 Å². The Morgan fingerprint density at radius 1 is 1.00 bits per heavy atom. The molecule has 0 bridgehead atoms. The first kappa shape index (κ1) is 31.9. The number of carbonyl (C=O) groups is 2. The standard InChI is InChI=1S/C28H28ClF4N3O4S/c1-3-15-34-27(38)19(2)35(17-20-9-12-22(30)13-10-20)26(37)18-36(41(39,40)23-7-5-4-6-8-23)25-16-21(28(31,32)33)11-14-24(25)29/h4-14,16,19H,3,15,17-18H2,1-2H3,(H,34,38)/t19-/m0/s1. The lowest BCUT2D eigenvalue weighted by Gasteiger charge is -2.32. The van der Waals surface area contributed by atoms with Crippen molar-refractivity contribution in [1.29, 1.82) is 0 Å². The lowest BCUT2D eigenvalue weighted by Crippen LogP contribution is -2.51. The zero-order valence-electron chi connectivity index (χ0n) is 22.2. The van der Waals surface area contributed by atoms with Crippen LogP contribution in [-0.2, 0) is 32.3 Å². The summed E-state index contributed by atoms with van der Waals surface area (Å²) in [5.74, 6) is -1.96. The molecule has 3 rings (SSSR count). The summed E-state index contributed by atoms with van der Waals surface area (Å²) in [5, 5.41) is 2.32. The highest BCUT2D eigenvalue weighted by Gasteiger charge is 2.36. The Hall–Kier alpha value is -3.64. The molecule has 0 aliphatic heterocycles. The van der Waals surface area contributed by atoms with Crippen molar-refractivity contribution >= 4 is 39.1 Å². The Balaban J connectivity index is 2.11. The summed E-state index contributed by atoms with van der Waals surface area (Å²) in [6.45, 7) is 2.38. The molecule has 0 fully saturated rings. The van der Waals surface area contributed by atoms with Crippen molar-refractivity contribution in [3.63, 3.8) is 0 Å². The van der Waals surface area contributed by atoms with Gasteiger partial charge in [0.2, 0.25) is 11.8 Å². The molecule has 0 aromatic heterocycles. The molecule has 1 N–H and O–H groups in total. The highest BCUT2D eigenvalue weighted by Crippen LogP contribution is 2.37. The highest BCUT2D eigenvalue weighted by molar-refractivity contribution is 7.92. The van der Waals surface area contributed by atoms with Crippen LogP contribution in [0.2, 0.25) is 5.02 Å². The minimum Gasteiger partial charge on any atom is -0.354 e. The van der Waals surface area contributed by atoms with Gasteiger partial charge in [-0.2, -0.15) is 13.2 Å². The molecule has 3 aromatic carbocycles. The van der Waals surface area contributed by atoms with Gasteiger partial charge in [-0.3, -0.25) is 13.9 Å². The van der Waals surface area contributed by atoms with Crippen molar-refractivity contribution in [1.82, 2.24) is 10.2 Å². The zero-order valence-corrected chi connectivity index (χ0v) is 23.7. The third kappa shape index (κ3) is 7.98. The van der Waals surface area contributed by atoms with E-state index in [1.807, 2.05) is 6.92 Å². The Kier molecular flexibility index (Phi) is 10.4. The van der Waals surface area contributed by atoms with Crippen molar-refractivity contribution < 1.29 is 35.6 Å². The Morgan fingerprint density at radius 2 is 1.63 bits per heavy atom. The SMILES string of the molecule is CCCNC(=O)[C@H](C)N(Cc1ccc(F)cc1)C(=O)CN(c1cc(C(F)(F)F)ccc1Cl)S(=O)(=O)c1ccccc1. The number of nitrogens with zero attached hydrogens (tertiary/aromatic N) is 2. The third-order valence-corrected chi connectivity index (χ3v) is 8.23. The van der Waals surface area contributed by atoms with Crippen molar-refractivity contribution in [2.24, 2.45) is 0 Å². The minimum absolute atomic E-state index is 0.213. The van der Waals surface area contributed by atoms with Crippen LogP contribution in [0.3, 0.4) is 0 Å². The summed E-state index contributed by atoms with van der Waals surface area (Å²) in [7, 11) is -4.62. The normalized spacial score (nSPS) is 12.5. The number of benzene rings is 3. The number of hydrogen-bond acceptors (Lipinski definition) is 4. The second-order valence-electron chi connectivity index (χ2n) is 9.10. The molecular formula is C28H28ClF4N3O4S. The summed E-state index contributed by atoms with van der Waals surface area (Å²) in [6, 6.07) is 13.0. The van der Waals surface area contributed by atoms with Crippen LogP contribution in [0, 0.1) is 5.82 Å². The molecule has 3 aromatic rings. The first-order chi connectivity index (χ1) is 19.3. The molecule has 13 heteroatoms. The maximum absolute atomic E-state index is 13.8. The maximum atomic E-state index is 13.8. The Morgan fingerprint density at radius 3 is 2.22 bits per heavy atom. The summed E-state index contributed by atoms with van der Waals surface area (Å²) in [6.07, 6.45) is -4.21. The van der Waals surface area contributed by atoms with E-state index < -0.39 is 57.7 Å².